The number of benzene rings is 3. The summed E-state index contributed by atoms with van der Waals surface area (Å²) < 4.78 is 39.1. The maximum atomic E-state index is 13.8. The van der Waals surface area contributed by atoms with Crippen molar-refractivity contribution in [2.24, 2.45) is 0 Å². The minimum absolute atomic E-state index is 0.00222. The minimum Gasteiger partial charge on any atom is -0.497 e. The maximum Gasteiger partial charge on any atom is 0.264 e. The van der Waals surface area contributed by atoms with Gasteiger partial charge in [-0.15, -0.1) is 11.3 Å². The molecule has 1 aromatic heterocycles. The summed E-state index contributed by atoms with van der Waals surface area (Å²) in [6.45, 7) is 4.20. The third-order valence-corrected chi connectivity index (χ3v) is 11.1. The van der Waals surface area contributed by atoms with E-state index in [1.165, 1.54) is 28.4 Å². The molecule has 44 heavy (non-hydrogen) atoms. The van der Waals surface area contributed by atoms with Gasteiger partial charge in [0.2, 0.25) is 0 Å². The third-order valence-electron chi connectivity index (χ3n) is 8.05. The van der Waals surface area contributed by atoms with Crippen molar-refractivity contribution >= 4 is 38.6 Å². The number of nitrogens with zero attached hydrogens (tertiary/aromatic N) is 1. The normalized spacial score (nSPS) is 12.8. The molecule has 0 unspecified atom stereocenters. The Morgan fingerprint density at radius 3 is 2.25 bits per heavy atom. The van der Waals surface area contributed by atoms with Gasteiger partial charge >= 0.3 is 0 Å². The number of hydrogen-bond acceptors (Lipinski definition) is 7. The van der Waals surface area contributed by atoms with Crippen molar-refractivity contribution in [1.29, 1.82) is 0 Å². The summed E-state index contributed by atoms with van der Waals surface area (Å²) in [4.78, 5) is 29.5. The van der Waals surface area contributed by atoms with Crippen LogP contribution < -0.4 is 13.8 Å². The fraction of sp³-hybridized carbons (Fsp3) is 0.314. The highest BCUT2D eigenvalue weighted by Crippen LogP contribution is 2.36. The number of carbonyl (C=O) groups excluding carboxylic acids is 2. The summed E-state index contributed by atoms with van der Waals surface area (Å²) in [5, 5.41) is 0. The van der Waals surface area contributed by atoms with Gasteiger partial charge in [-0.3, -0.25) is 13.9 Å². The smallest absolute Gasteiger partial charge is 0.264 e. The molecule has 0 aliphatic heterocycles. The van der Waals surface area contributed by atoms with E-state index < -0.39 is 10.0 Å². The molecule has 0 bridgehead atoms. The van der Waals surface area contributed by atoms with E-state index >= 15 is 0 Å². The lowest BCUT2D eigenvalue weighted by molar-refractivity contribution is 0.0989. The zero-order valence-electron chi connectivity index (χ0n) is 25.5. The van der Waals surface area contributed by atoms with E-state index in [1.54, 1.807) is 55.7 Å². The fourth-order valence-corrected chi connectivity index (χ4v) is 8.24. The molecule has 0 saturated carbocycles. The summed E-state index contributed by atoms with van der Waals surface area (Å²) in [5.41, 5.74) is 4.13. The van der Waals surface area contributed by atoms with Gasteiger partial charge in [0, 0.05) is 40.8 Å². The minimum atomic E-state index is -3.95. The van der Waals surface area contributed by atoms with Crippen LogP contribution in [0.15, 0.2) is 71.6 Å². The number of carbonyl (C=O) groups is 2. The SMILES string of the molecule is CCOc1ccc(N(C)S(=O)(=O)c2ccc(C)c(C(=O)Cc3sc4c(c3C(=O)Cc3ccc(OC)cc3)CCCC4)c2)cc1. The van der Waals surface area contributed by atoms with Crippen LogP contribution in [-0.2, 0) is 35.7 Å². The van der Waals surface area contributed by atoms with Gasteiger partial charge in [-0.25, -0.2) is 8.42 Å². The standard InChI is InChI=1S/C35H37NO6S2/c1-5-42-27-17-13-25(14-18-27)36(3)44(39,40)28-19-10-23(2)30(21-28)31(37)22-34-35(29-8-6-7-9-33(29)43-34)32(38)20-24-11-15-26(41-4)16-12-24/h10-19,21H,5-9,20,22H2,1-4H3. The van der Waals surface area contributed by atoms with E-state index in [-0.39, 0.29) is 29.3 Å². The third kappa shape index (κ3) is 6.59. The number of thiophene rings is 1. The molecule has 1 aliphatic rings. The molecule has 1 aliphatic carbocycles. The zero-order chi connectivity index (χ0) is 31.4. The highest BCUT2D eigenvalue weighted by molar-refractivity contribution is 7.92. The number of aryl methyl sites for hydroxylation is 2. The molecule has 0 radical (unpaired) electrons. The van der Waals surface area contributed by atoms with Crippen molar-refractivity contribution in [3.8, 4) is 11.5 Å². The fourth-order valence-electron chi connectivity index (χ4n) is 5.61. The van der Waals surface area contributed by atoms with Gasteiger partial charge in [0.25, 0.3) is 10.0 Å². The largest absolute Gasteiger partial charge is 0.497 e. The second-order valence-corrected chi connectivity index (χ2v) is 14.1. The molecular weight excluding hydrogens is 595 g/mol. The lowest BCUT2D eigenvalue weighted by Crippen LogP contribution is -2.26. The number of ether oxygens (including phenoxy) is 2. The molecule has 0 fully saturated rings. The van der Waals surface area contributed by atoms with E-state index in [1.807, 2.05) is 31.2 Å². The van der Waals surface area contributed by atoms with Crippen LogP contribution in [0.4, 0.5) is 5.69 Å². The molecule has 0 saturated heterocycles. The Morgan fingerprint density at radius 2 is 1.57 bits per heavy atom. The van der Waals surface area contributed by atoms with Crippen LogP contribution in [0.25, 0.3) is 0 Å². The Morgan fingerprint density at radius 1 is 0.886 bits per heavy atom. The molecule has 0 spiro atoms. The second-order valence-electron chi connectivity index (χ2n) is 10.9. The van der Waals surface area contributed by atoms with Crippen molar-refractivity contribution < 1.29 is 27.5 Å². The number of anilines is 1. The van der Waals surface area contributed by atoms with Gasteiger partial charge in [0.15, 0.2) is 11.6 Å². The molecule has 4 aromatic rings. The lowest BCUT2D eigenvalue weighted by Gasteiger charge is -2.20. The molecule has 7 nitrogen and oxygen atoms in total. The van der Waals surface area contributed by atoms with Crippen molar-refractivity contribution in [2.75, 3.05) is 25.1 Å². The van der Waals surface area contributed by atoms with E-state index in [0.29, 0.717) is 34.7 Å². The second kappa shape index (κ2) is 13.4. The van der Waals surface area contributed by atoms with Crippen LogP contribution in [0.5, 0.6) is 11.5 Å². The average molecular weight is 632 g/mol. The number of Topliss-reactive ketones (excluding diaryl/α,β-unsaturated/α-hetero) is 2. The Balaban J connectivity index is 1.42. The highest BCUT2D eigenvalue weighted by Gasteiger charge is 2.28. The Kier molecular flexibility index (Phi) is 9.56. The molecule has 0 atom stereocenters. The first-order chi connectivity index (χ1) is 21.1. The van der Waals surface area contributed by atoms with Crippen molar-refractivity contribution in [1.82, 2.24) is 0 Å². The van der Waals surface area contributed by atoms with E-state index in [4.69, 9.17) is 9.47 Å². The van der Waals surface area contributed by atoms with Crippen LogP contribution in [-0.4, -0.2) is 40.7 Å². The number of rotatable bonds is 12. The molecule has 5 rings (SSSR count). The molecular formula is C35H37NO6S2. The van der Waals surface area contributed by atoms with Crippen molar-refractivity contribution in [2.45, 2.75) is 57.3 Å². The van der Waals surface area contributed by atoms with Crippen LogP contribution in [0.2, 0.25) is 0 Å². The Hall–Kier alpha value is -3.95. The van der Waals surface area contributed by atoms with Crippen molar-refractivity contribution in [3.63, 3.8) is 0 Å². The van der Waals surface area contributed by atoms with Crippen LogP contribution in [0.3, 0.4) is 0 Å². The molecule has 1 heterocycles. The first-order valence-corrected chi connectivity index (χ1v) is 17.0. The first kappa shape index (κ1) is 31.5. The molecule has 230 valence electrons. The predicted molar refractivity (Wildman–Crippen MR) is 174 cm³/mol. The van der Waals surface area contributed by atoms with Gasteiger partial charge in [0.05, 0.1) is 24.3 Å². The van der Waals surface area contributed by atoms with E-state index in [2.05, 4.69) is 0 Å². The van der Waals surface area contributed by atoms with Gasteiger partial charge in [-0.1, -0.05) is 18.2 Å². The number of fused-ring (bicyclic) bond motifs is 1. The van der Waals surface area contributed by atoms with Crippen LogP contribution in [0, 0.1) is 6.92 Å². The number of ketones is 2. The van der Waals surface area contributed by atoms with Gasteiger partial charge in [-0.05, 0) is 105 Å². The molecule has 0 amide bonds. The van der Waals surface area contributed by atoms with Gasteiger partial charge in [0.1, 0.15) is 11.5 Å². The van der Waals surface area contributed by atoms with Crippen molar-refractivity contribution in [3.05, 3.63) is 104 Å². The summed E-state index contributed by atoms with van der Waals surface area (Å²) in [6, 6.07) is 18.9. The van der Waals surface area contributed by atoms with Gasteiger partial charge in [-0.2, -0.15) is 0 Å². The Labute approximate surface area is 263 Å². The topological polar surface area (TPSA) is 90.0 Å². The Bertz CT molecular complexity index is 1770. The summed E-state index contributed by atoms with van der Waals surface area (Å²) in [6.07, 6.45) is 4.09. The van der Waals surface area contributed by atoms with E-state index in [0.717, 1.165) is 47.4 Å². The summed E-state index contributed by atoms with van der Waals surface area (Å²) in [5.74, 6) is 1.18. The number of hydrogen-bond donors (Lipinski definition) is 0. The predicted octanol–water partition coefficient (Wildman–Crippen LogP) is 7.02. The highest BCUT2D eigenvalue weighted by atomic mass is 32.2. The zero-order valence-corrected chi connectivity index (χ0v) is 27.1. The monoisotopic (exact) mass is 631 g/mol. The summed E-state index contributed by atoms with van der Waals surface area (Å²) in [7, 11) is -0.852. The van der Waals surface area contributed by atoms with Gasteiger partial charge < -0.3 is 9.47 Å². The van der Waals surface area contributed by atoms with Crippen LogP contribution in [0.1, 0.15) is 66.9 Å². The molecule has 0 N–H and O–H groups in total. The maximum absolute atomic E-state index is 13.8. The number of sulfonamides is 1. The summed E-state index contributed by atoms with van der Waals surface area (Å²) >= 11 is 1.55. The lowest BCUT2D eigenvalue weighted by atomic mass is 9.90. The van der Waals surface area contributed by atoms with E-state index in [9.17, 15) is 18.0 Å². The average Bonchev–Trinajstić information content (AvgIpc) is 3.39. The van der Waals surface area contributed by atoms with Crippen LogP contribution >= 0.6 is 11.3 Å². The number of methoxy groups -OCH3 is 1. The first-order valence-electron chi connectivity index (χ1n) is 14.8. The molecule has 3 aromatic carbocycles. The quantitative estimate of drug-likeness (QED) is 0.156. The molecule has 9 heteroatoms.